The van der Waals surface area contributed by atoms with Crippen molar-refractivity contribution in [3.63, 3.8) is 0 Å². The van der Waals surface area contributed by atoms with E-state index >= 15 is 0 Å². The molecule has 2 amide bonds. The fourth-order valence-corrected chi connectivity index (χ4v) is 5.07. The van der Waals surface area contributed by atoms with Gasteiger partial charge in [-0.3, -0.25) is 19.5 Å². The van der Waals surface area contributed by atoms with Crippen LogP contribution < -0.4 is 0 Å². The maximum Gasteiger partial charge on any atom is 0.265 e. The molecule has 0 bridgehead atoms. The molecule has 0 N–H and O–H groups in total. The van der Waals surface area contributed by atoms with Crippen molar-refractivity contribution >= 4 is 23.2 Å². The Labute approximate surface area is 181 Å². The van der Waals surface area contributed by atoms with Crippen molar-refractivity contribution in [2.45, 2.75) is 32.6 Å². The molecule has 30 heavy (non-hydrogen) atoms. The Hall–Kier alpha value is -2.32. The van der Waals surface area contributed by atoms with Gasteiger partial charge in [0.2, 0.25) is 5.91 Å². The highest BCUT2D eigenvalue weighted by molar-refractivity contribution is 7.17. The van der Waals surface area contributed by atoms with Gasteiger partial charge in [-0.15, -0.1) is 11.3 Å². The number of rotatable bonds is 4. The number of amides is 2. The zero-order valence-electron chi connectivity index (χ0n) is 17.5. The van der Waals surface area contributed by atoms with Crippen LogP contribution in [-0.4, -0.2) is 82.3 Å². The van der Waals surface area contributed by atoms with E-state index in [1.807, 2.05) is 34.9 Å². The summed E-state index contributed by atoms with van der Waals surface area (Å²) in [6.07, 6.45) is 6.42. The van der Waals surface area contributed by atoms with Crippen LogP contribution >= 0.6 is 11.3 Å². The van der Waals surface area contributed by atoms with Gasteiger partial charge >= 0.3 is 0 Å². The van der Waals surface area contributed by atoms with E-state index < -0.39 is 0 Å². The number of pyridine rings is 1. The number of hydrogen-bond acceptors (Lipinski definition) is 6. The molecule has 2 aliphatic rings. The van der Waals surface area contributed by atoms with Gasteiger partial charge in [-0.2, -0.15) is 0 Å². The van der Waals surface area contributed by atoms with Crippen molar-refractivity contribution in [2.75, 3.05) is 45.8 Å². The summed E-state index contributed by atoms with van der Waals surface area (Å²) in [7, 11) is 0. The van der Waals surface area contributed by atoms with Gasteiger partial charge in [0.1, 0.15) is 9.88 Å². The average Bonchev–Trinajstić information content (AvgIpc) is 2.98. The Morgan fingerprint density at radius 3 is 2.37 bits per heavy atom. The average molecular weight is 428 g/mol. The lowest BCUT2D eigenvalue weighted by Crippen LogP contribution is -2.51. The van der Waals surface area contributed by atoms with E-state index in [1.54, 1.807) is 6.20 Å². The number of nitrogens with zero attached hydrogens (tertiary/aromatic N) is 5. The molecule has 0 aromatic carbocycles. The molecule has 160 valence electrons. The second kappa shape index (κ2) is 9.66. The second-order valence-corrected chi connectivity index (χ2v) is 9.01. The Bertz CT molecular complexity index is 869. The monoisotopic (exact) mass is 427 g/mol. The molecule has 7 nitrogen and oxygen atoms in total. The topological polar surface area (TPSA) is 69.6 Å². The number of aromatic nitrogens is 2. The van der Waals surface area contributed by atoms with Crippen LogP contribution in [0.5, 0.6) is 0 Å². The molecular formula is C22H29N5O2S. The highest BCUT2D eigenvalue weighted by Crippen LogP contribution is 2.27. The fourth-order valence-electron chi connectivity index (χ4n) is 4.06. The number of likely N-dealkylation sites (tertiary alicyclic amines) is 1. The third-order valence-corrected chi connectivity index (χ3v) is 7.02. The lowest BCUT2D eigenvalue weighted by molar-refractivity contribution is -0.132. The molecule has 0 radical (unpaired) electrons. The van der Waals surface area contributed by atoms with Crippen molar-refractivity contribution in [2.24, 2.45) is 0 Å². The summed E-state index contributed by atoms with van der Waals surface area (Å²) in [6, 6.07) is 5.70. The zero-order chi connectivity index (χ0) is 20.9. The van der Waals surface area contributed by atoms with E-state index in [4.69, 9.17) is 0 Å². The number of thiazole rings is 1. The Morgan fingerprint density at radius 2 is 1.70 bits per heavy atom. The summed E-state index contributed by atoms with van der Waals surface area (Å²) in [5, 5.41) is 0.776. The largest absolute Gasteiger partial charge is 0.342 e. The van der Waals surface area contributed by atoms with E-state index in [0.717, 1.165) is 55.4 Å². The smallest absolute Gasteiger partial charge is 0.265 e. The van der Waals surface area contributed by atoms with Crippen LogP contribution in [0.25, 0.3) is 10.7 Å². The number of hydrogen-bond donors (Lipinski definition) is 0. The van der Waals surface area contributed by atoms with Gasteiger partial charge in [-0.25, -0.2) is 4.98 Å². The molecule has 2 fully saturated rings. The van der Waals surface area contributed by atoms with Gasteiger partial charge in [-0.05, 0) is 31.9 Å². The molecule has 0 aliphatic carbocycles. The summed E-state index contributed by atoms with van der Waals surface area (Å²) < 4.78 is 0. The highest BCUT2D eigenvalue weighted by atomic mass is 32.1. The molecule has 8 heteroatoms. The quantitative estimate of drug-likeness (QED) is 0.750. The van der Waals surface area contributed by atoms with Crippen molar-refractivity contribution in [1.29, 1.82) is 0 Å². The highest BCUT2D eigenvalue weighted by Gasteiger charge is 2.27. The Balaban J connectivity index is 1.32. The van der Waals surface area contributed by atoms with Crippen LogP contribution in [0.3, 0.4) is 0 Å². The lowest BCUT2D eigenvalue weighted by atomic mass is 10.2. The van der Waals surface area contributed by atoms with Crippen LogP contribution in [0.1, 0.15) is 41.0 Å². The maximum absolute atomic E-state index is 13.1. The molecule has 2 aromatic rings. The van der Waals surface area contributed by atoms with Gasteiger partial charge in [0.25, 0.3) is 5.91 Å². The Morgan fingerprint density at radius 1 is 0.967 bits per heavy atom. The molecular weight excluding hydrogens is 398 g/mol. The Kier molecular flexibility index (Phi) is 6.74. The van der Waals surface area contributed by atoms with E-state index in [1.165, 1.54) is 24.2 Å². The normalized spacial score (nSPS) is 18.3. The van der Waals surface area contributed by atoms with Gasteiger partial charge in [0.05, 0.1) is 17.9 Å². The fraction of sp³-hybridized carbons (Fsp3) is 0.545. The zero-order valence-corrected chi connectivity index (χ0v) is 18.4. The number of carbonyl (C=O) groups excluding carboxylic acids is 2. The number of aryl methyl sites for hydroxylation is 1. The van der Waals surface area contributed by atoms with Crippen LogP contribution in [0.2, 0.25) is 0 Å². The summed E-state index contributed by atoms with van der Waals surface area (Å²) >= 11 is 1.41. The van der Waals surface area contributed by atoms with E-state index in [-0.39, 0.29) is 11.8 Å². The predicted molar refractivity (Wildman–Crippen MR) is 117 cm³/mol. The molecule has 2 aliphatic heterocycles. The van der Waals surface area contributed by atoms with Crippen LogP contribution in [0.4, 0.5) is 0 Å². The molecule has 2 saturated heterocycles. The lowest BCUT2D eigenvalue weighted by Gasteiger charge is -2.35. The van der Waals surface area contributed by atoms with Crippen LogP contribution in [0.15, 0.2) is 24.4 Å². The van der Waals surface area contributed by atoms with Gasteiger partial charge < -0.3 is 9.80 Å². The molecule has 2 aromatic heterocycles. The first kappa shape index (κ1) is 20.9. The molecule has 0 atom stereocenters. The first-order chi connectivity index (χ1) is 14.6. The molecule has 4 heterocycles. The molecule has 0 spiro atoms. The maximum atomic E-state index is 13.1. The first-order valence-electron chi connectivity index (χ1n) is 10.8. The van der Waals surface area contributed by atoms with Crippen molar-refractivity contribution in [3.05, 3.63) is 35.0 Å². The SMILES string of the molecule is Cc1nc(-c2ccccn2)sc1C(=O)N1CCN(CC(=O)N2CCCCCC2)CC1. The van der Waals surface area contributed by atoms with Gasteiger partial charge in [0, 0.05) is 45.5 Å². The van der Waals surface area contributed by atoms with E-state index in [2.05, 4.69) is 14.9 Å². The number of carbonyl (C=O) groups is 2. The van der Waals surface area contributed by atoms with Crippen molar-refractivity contribution in [3.8, 4) is 10.7 Å². The van der Waals surface area contributed by atoms with E-state index in [9.17, 15) is 9.59 Å². The molecule has 0 saturated carbocycles. The molecule has 0 unspecified atom stereocenters. The summed E-state index contributed by atoms with van der Waals surface area (Å²) in [5.74, 6) is 0.264. The second-order valence-electron chi connectivity index (χ2n) is 8.01. The molecule has 4 rings (SSSR count). The minimum absolute atomic E-state index is 0.0330. The standard InChI is InChI=1S/C22H29N5O2S/c1-17-20(30-21(24-17)18-8-4-5-9-23-18)22(29)27-14-12-25(13-15-27)16-19(28)26-10-6-2-3-7-11-26/h4-5,8-9H,2-3,6-7,10-16H2,1H3. The first-order valence-corrected chi connectivity index (χ1v) is 11.6. The summed E-state index contributed by atoms with van der Waals surface area (Å²) in [6.45, 7) is 6.87. The van der Waals surface area contributed by atoms with Crippen molar-refractivity contribution < 1.29 is 9.59 Å². The van der Waals surface area contributed by atoms with E-state index in [0.29, 0.717) is 24.5 Å². The predicted octanol–water partition coefficient (Wildman–Crippen LogP) is 2.67. The van der Waals surface area contributed by atoms with Crippen LogP contribution in [-0.2, 0) is 4.79 Å². The minimum Gasteiger partial charge on any atom is -0.342 e. The van der Waals surface area contributed by atoms with Crippen LogP contribution in [0, 0.1) is 6.92 Å². The third kappa shape index (κ3) is 4.87. The summed E-state index contributed by atoms with van der Waals surface area (Å²) in [5.41, 5.74) is 1.55. The van der Waals surface area contributed by atoms with Gasteiger partial charge in [0.15, 0.2) is 0 Å². The third-order valence-electron chi connectivity index (χ3n) is 5.85. The minimum atomic E-state index is 0.0330. The summed E-state index contributed by atoms with van der Waals surface area (Å²) in [4.78, 5) is 41.4. The van der Waals surface area contributed by atoms with Crippen molar-refractivity contribution in [1.82, 2.24) is 24.7 Å². The number of piperazine rings is 1. The van der Waals surface area contributed by atoms with Gasteiger partial charge in [-0.1, -0.05) is 18.9 Å².